The quantitative estimate of drug-likeness (QED) is 0.295. The van der Waals surface area contributed by atoms with Crippen molar-refractivity contribution in [3.63, 3.8) is 0 Å². The zero-order valence-corrected chi connectivity index (χ0v) is 16.2. The van der Waals surface area contributed by atoms with Gasteiger partial charge >= 0.3 is 5.97 Å². The number of Topliss-reactive ketones (excluding diaryl/α,β-unsaturated/α-hetero) is 2. The molecule has 0 amide bonds. The van der Waals surface area contributed by atoms with Crippen molar-refractivity contribution in [2.45, 2.75) is 6.92 Å². The summed E-state index contributed by atoms with van der Waals surface area (Å²) in [6.45, 7) is 1.22. The normalized spacial score (nSPS) is 10.0. The molecule has 0 heterocycles. The molecule has 8 heteroatoms. The van der Waals surface area contributed by atoms with Gasteiger partial charge in [-0.25, -0.2) is 0 Å². The summed E-state index contributed by atoms with van der Waals surface area (Å²) in [5.41, 5.74) is 0.0974. The molecule has 0 fully saturated rings. The van der Waals surface area contributed by atoms with Crippen molar-refractivity contribution in [3.8, 4) is 28.7 Å². The van der Waals surface area contributed by atoms with Gasteiger partial charge in [0, 0.05) is 18.1 Å². The van der Waals surface area contributed by atoms with Crippen molar-refractivity contribution in [1.29, 1.82) is 0 Å². The van der Waals surface area contributed by atoms with E-state index in [4.69, 9.17) is 23.7 Å². The number of ketones is 2. The van der Waals surface area contributed by atoms with Crippen LogP contribution in [0.1, 0.15) is 27.6 Å². The van der Waals surface area contributed by atoms with Crippen LogP contribution in [-0.4, -0.2) is 46.0 Å². The second kappa shape index (κ2) is 8.90. The first-order valence-electron chi connectivity index (χ1n) is 8.11. The van der Waals surface area contributed by atoms with Crippen LogP contribution < -0.4 is 23.7 Å². The van der Waals surface area contributed by atoms with Crippen LogP contribution in [0.25, 0.3) is 0 Å². The molecule has 0 N–H and O–H groups in total. The fourth-order valence-electron chi connectivity index (χ4n) is 2.53. The molecule has 0 aromatic heterocycles. The van der Waals surface area contributed by atoms with Gasteiger partial charge in [0.05, 0.1) is 28.4 Å². The topological polar surface area (TPSA) is 97.4 Å². The average molecular weight is 388 g/mol. The number of hydrogen-bond donors (Lipinski definition) is 0. The Morgan fingerprint density at radius 1 is 0.643 bits per heavy atom. The first-order valence-corrected chi connectivity index (χ1v) is 8.11. The third-order valence-electron chi connectivity index (χ3n) is 3.81. The van der Waals surface area contributed by atoms with E-state index in [-0.39, 0.29) is 34.1 Å². The summed E-state index contributed by atoms with van der Waals surface area (Å²) in [4.78, 5) is 36.7. The van der Waals surface area contributed by atoms with Crippen molar-refractivity contribution in [2.75, 3.05) is 28.4 Å². The number of carbonyl (C=O) groups is 3. The number of benzene rings is 2. The Balaban J connectivity index is 2.45. The standard InChI is InChI=1S/C20H20O8/c1-11(21)28-15-8-12(6-7-14(15)24-2)18(22)19(23)13-9-16(25-3)20(27-5)17(10-13)26-4/h6-10H,1-5H3. The van der Waals surface area contributed by atoms with Crippen LogP contribution in [0.2, 0.25) is 0 Å². The van der Waals surface area contributed by atoms with E-state index in [1.54, 1.807) is 0 Å². The number of carbonyl (C=O) groups excluding carboxylic acids is 3. The summed E-state index contributed by atoms with van der Waals surface area (Å²) < 4.78 is 25.7. The van der Waals surface area contributed by atoms with E-state index in [1.807, 2.05) is 0 Å². The Hall–Kier alpha value is -3.55. The molecule has 2 rings (SSSR count). The van der Waals surface area contributed by atoms with Crippen LogP contribution in [0.4, 0.5) is 0 Å². The minimum Gasteiger partial charge on any atom is -0.493 e. The maximum Gasteiger partial charge on any atom is 0.308 e. The lowest BCUT2D eigenvalue weighted by atomic mass is 10.0. The minimum atomic E-state index is -0.801. The van der Waals surface area contributed by atoms with Crippen molar-refractivity contribution >= 4 is 17.5 Å². The van der Waals surface area contributed by atoms with Crippen LogP contribution >= 0.6 is 0 Å². The molecule has 0 saturated heterocycles. The maximum atomic E-state index is 12.7. The van der Waals surface area contributed by atoms with Gasteiger partial charge in [-0.2, -0.15) is 0 Å². The second-order valence-corrected chi connectivity index (χ2v) is 5.53. The molecule has 0 spiro atoms. The van der Waals surface area contributed by atoms with Crippen LogP contribution in [0.15, 0.2) is 30.3 Å². The molecule has 0 radical (unpaired) electrons. The van der Waals surface area contributed by atoms with E-state index in [0.29, 0.717) is 5.75 Å². The molecule has 148 valence electrons. The summed E-state index contributed by atoms with van der Waals surface area (Å²) in [6.07, 6.45) is 0. The number of hydrogen-bond acceptors (Lipinski definition) is 8. The van der Waals surface area contributed by atoms with Gasteiger partial charge in [-0.1, -0.05) is 0 Å². The van der Waals surface area contributed by atoms with Crippen molar-refractivity contribution < 1.29 is 38.1 Å². The van der Waals surface area contributed by atoms with Crippen molar-refractivity contribution in [1.82, 2.24) is 0 Å². The third-order valence-corrected chi connectivity index (χ3v) is 3.81. The number of methoxy groups -OCH3 is 4. The molecule has 2 aromatic rings. The van der Waals surface area contributed by atoms with E-state index in [0.717, 1.165) is 0 Å². The van der Waals surface area contributed by atoms with Crippen molar-refractivity contribution in [2.24, 2.45) is 0 Å². The first kappa shape index (κ1) is 20.8. The van der Waals surface area contributed by atoms with Gasteiger partial charge in [-0.05, 0) is 30.3 Å². The average Bonchev–Trinajstić information content (AvgIpc) is 2.70. The third kappa shape index (κ3) is 4.22. The van der Waals surface area contributed by atoms with Crippen molar-refractivity contribution in [3.05, 3.63) is 41.5 Å². The highest BCUT2D eigenvalue weighted by atomic mass is 16.6. The largest absolute Gasteiger partial charge is 0.493 e. The van der Waals surface area contributed by atoms with E-state index in [9.17, 15) is 14.4 Å². The zero-order valence-electron chi connectivity index (χ0n) is 16.2. The molecular formula is C20H20O8. The smallest absolute Gasteiger partial charge is 0.308 e. The van der Waals surface area contributed by atoms with Crippen LogP contribution in [-0.2, 0) is 4.79 Å². The summed E-state index contributed by atoms with van der Waals surface area (Å²) in [5.74, 6) is -1.09. The summed E-state index contributed by atoms with van der Waals surface area (Å²) in [5, 5.41) is 0. The molecule has 0 aliphatic carbocycles. The van der Waals surface area contributed by atoms with Crippen LogP contribution in [0.3, 0.4) is 0 Å². The van der Waals surface area contributed by atoms with E-state index in [2.05, 4.69) is 0 Å². The summed E-state index contributed by atoms with van der Waals surface area (Å²) in [7, 11) is 5.64. The SMILES string of the molecule is COc1ccc(C(=O)C(=O)c2cc(OC)c(OC)c(OC)c2)cc1OC(C)=O. The Bertz CT molecular complexity index is 891. The Morgan fingerprint density at radius 3 is 1.61 bits per heavy atom. The van der Waals surface area contributed by atoms with Gasteiger partial charge < -0.3 is 23.7 Å². The molecular weight excluding hydrogens is 368 g/mol. The van der Waals surface area contributed by atoms with Gasteiger partial charge in [-0.15, -0.1) is 0 Å². The van der Waals surface area contributed by atoms with Gasteiger partial charge in [0.1, 0.15) is 0 Å². The summed E-state index contributed by atoms with van der Waals surface area (Å²) >= 11 is 0. The number of esters is 1. The predicted molar refractivity (Wildman–Crippen MR) is 99.1 cm³/mol. The molecule has 0 saturated carbocycles. The molecule has 0 aliphatic rings. The highest BCUT2D eigenvalue weighted by molar-refractivity contribution is 6.49. The summed E-state index contributed by atoms with van der Waals surface area (Å²) in [6, 6.07) is 6.90. The van der Waals surface area contributed by atoms with Gasteiger partial charge in [0.15, 0.2) is 23.0 Å². The fourth-order valence-corrected chi connectivity index (χ4v) is 2.53. The molecule has 0 unspecified atom stereocenters. The fraction of sp³-hybridized carbons (Fsp3) is 0.250. The minimum absolute atomic E-state index is 0.0378. The lowest BCUT2D eigenvalue weighted by molar-refractivity contribution is -0.132. The predicted octanol–water partition coefficient (Wildman–Crippen LogP) is 2.71. The van der Waals surface area contributed by atoms with E-state index in [1.165, 1.54) is 65.7 Å². The molecule has 0 bridgehead atoms. The maximum absolute atomic E-state index is 12.7. The van der Waals surface area contributed by atoms with Gasteiger partial charge in [0.2, 0.25) is 17.3 Å². The lowest BCUT2D eigenvalue weighted by Crippen LogP contribution is -2.15. The molecule has 0 atom stereocenters. The highest BCUT2D eigenvalue weighted by Crippen LogP contribution is 2.38. The Kier molecular flexibility index (Phi) is 6.59. The van der Waals surface area contributed by atoms with Gasteiger partial charge in [-0.3, -0.25) is 14.4 Å². The Morgan fingerprint density at radius 2 is 1.14 bits per heavy atom. The van der Waals surface area contributed by atoms with E-state index >= 15 is 0 Å². The van der Waals surface area contributed by atoms with Crippen LogP contribution in [0.5, 0.6) is 28.7 Å². The number of rotatable bonds is 8. The molecule has 0 aliphatic heterocycles. The Labute approximate surface area is 161 Å². The molecule has 2 aromatic carbocycles. The zero-order chi connectivity index (χ0) is 20.8. The molecule has 28 heavy (non-hydrogen) atoms. The first-order chi connectivity index (χ1) is 13.4. The number of ether oxygens (including phenoxy) is 5. The van der Waals surface area contributed by atoms with Gasteiger partial charge in [0.25, 0.3) is 0 Å². The molecule has 8 nitrogen and oxygen atoms in total. The second-order valence-electron chi connectivity index (χ2n) is 5.53. The van der Waals surface area contributed by atoms with E-state index < -0.39 is 17.5 Å². The monoisotopic (exact) mass is 388 g/mol. The highest BCUT2D eigenvalue weighted by Gasteiger charge is 2.24. The lowest BCUT2D eigenvalue weighted by Gasteiger charge is -2.13. The van der Waals surface area contributed by atoms with Crippen LogP contribution in [0, 0.1) is 0 Å².